The highest BCUT2D eigenvalue weighted by Crippen LogP contribution is 2.50. The van der Waals surface area contributed by atoms with E-state index in [1.165, 1.54) is 6.07 Å². The molecule has 4 nitrogen and oxygen atoms in total. The lowest BCUT2D eigenvalue weighted by Gasteiger charge is -2.42. The molecule has 0 aromatic heterocycles. The summed E-state index contributed by atoms with van der Waals surface area (Å²) in [5.74, 6) is -2.94. The van der Waals surface area contributed by atoms with Crippen LogP contribution < -0.4 is 5.32 Å². The Labute approximate surface area is 239 Å². The van der Waals surface area contributed by atoms with Crippen molar-refractivity contribution < 1.29 is 41.0 Å². The van der Waals surface area contributed by atoms with Crippen LogP contribution in [-0.4, -0.2) is 29.7 Å². The number of carbonyl (C=O) groups excluding carboxylic acids is 1. The van der Waals surface area contributed by atoms with E-state index in [0.29, 0.717) is 11.1 Å². The van der Waals surface area contributed by atoms with Gasteiger partial charge in [-0.1, -0.05) is 55.5 Å². The fraction of sp³-hybridized carbons (Fsp3) is 0.375. The zero-order valence-corrected chi connectivity index (χ0v) is 22.9. The third-order valence-corrected chi connectivity index (χ3v) is 8.19. The second-order valence-electron chi connectivity index (χ2n) is 10.7. The van der Waals surface area contributed by atoms with Gasteiger partial charge in [-0.15, -0.1) is 0 Å². The van der Waals surface area contributed by atoms with Crippen LogP contribution in [-0.2, 0) is 22.8 Å². The number of hydrogen-bond acceptors (Lipinski definition) is 2. The van der Waals surface area contributed by atoms with Gasteiger partial charge in [0.25, 0.3) is 5.91 Å². The zero-order valence-electron chi connectivity index (χ0n) is 22.9. The predicted molar refractivity (Wildman–Crippen MR) is 146 cm³/mol. The second kappa shape index (κ2) is 12.2. The summed E-state index contributed by atoms with van der Waals surface area (Å²) >= 11 is 0. The van der Waals surface area contributed by atoms with E-state index in [1.807, 2.05) is 0 Å². The highest BCUT2D eigenvalue weighted by molar-refractivity contribution is 5.94. The summed E-state index contributed by atoms with van der Waals surface area (Å²) in [5, 5.41) is 11.3. The predicted octanol–water partition coefficient (Wildman–Crippen LogP) is 8.18. The largest absolute Gasteiger partial charge is 0.481 e. The first-order chi connectivity index (χ1) is 19.7. The molecule has 3 aromatic carbocycles. The Bertz CT molecular complexity index is 1400. The highest BCUT2D eigenvalue weighted by atomic mass is 19.4. The molecule has 0 saturated heterocycles. The summed E-state index contributed by atoms with van der Waals surface area (Å²) in [6.45, 7) is 1.61. The van der Waals surface area contributed by atoms with E-state index >= 15 is 0 Å². The van der Waals surface area contributed by atoms with Crippen molar-refractivity contribution >= 4 is 11.9 Å². The van der Waals surface area contributed by atoms with E-state index in [2.05, 4.69) is 5.32 Å². The van der Waals surface area contributed by atoms with Crippen LogP contribution in [0.3, 0.4) is 0 Å². The van der Waals surface area contributed by atoms with E-state index in [0.717, 1.165) is 17.2 Å². The fourth-order valence-electron chi connectivity index (χ4n) is 5.82. The Morgan fingerprint density at radius 2 is 1.40 bits per heavy atom. The van der Waals surface area contributed by atoms with Crippen LogP contribution in [0.25, 0.3) is 11.1 Å². The lowest BCUT2D eigenvalue weighted by Crippen LogP contribution is -2.37. The van der Waals surface area contributed by atoms with E-state index < -0.39 is 41.1 Å². The maximum absolute atomic E-state index is 13.6. The van der Waals surface area contributed by atoms with Gasteiger partial charge in [-0.3, -0.25) is 9.59 Å². The number of alkyl halides is 6. The van der Waals surface area contributed by atoms with Crippen molar-refractivity contribution in [2.24, 2.45) is 5.92 Å². The molecular formula is C32H31F6NO3. The van der Waals surface area contributed by atoms with Gasteiger partial charge in [0, 0.05) is 17.5 Å². The number of carboxylic acid groups (broad SMARTS) is 1. The molecule has 0 unspecified atom stereocenters. The average Bonchev–Trinajstić information content (AvgIpc) is 2.96. The Morgan fingerprint density at radius 1 is 0.857 bits per heavy atom. The molecular weight excluding hydrogens is 560 g/mol. The molecule has 3 aromatic rings. The molecule has 1 amide bonds. The van der Waals surface area contributed by atoms with Crippen molar-refractivity contribution in [3.63, 3.8) is 0 Å². The van der Waals surface area contributed by atoms with Gasteiger partial charge in [-0.2, -0.15) is 26.3 Å². The Morgan fingerprint density at radius 3 is 1.90 bits per heavy atom. The number of carboxylic acids is 1. The van der Waals surface area contributed by atoms with Crippen LogP contribution in [0.5, 0.6) is 0 Å². The van der Waals surface area contributed by atoms with Gasteiger partial charge in [0.1, 0.15) is 0 Å². The molecule has 0 spiro atoms. The van der Waals surface area contributed by atoms with Crippen LogP contribution >= 0.6 is 0 Å². The summed E-state index contributed by atoms with van der Waals surface area (Å²) in [6, 6.07) is 17.7. The minimum absolute atomic E-state index is 0.0450. The maximum Gasteiger partial charge on any atom is 0.416 e. The fourth-order valence-corrected chi connectivity index (χ4v) is 5.82. The zero-order chi connectivity index (χ0) is 30.7. The van der Waals surface area contributed by atoms with Gasteiger partial charge >= 0.3 is 18.3 Å². The minimum Gasteiger partial charge on any atom is -0.481 e. The highest BCUT2D eigenvalue weighted by Gasteiger charge is 2.47. The molecule has 224 valence electrons. The van der Waals surface area contributed by atoms with Crippen LogP contribution in [0, 0.1) is 5.92 Å². The Kier molecular flexibility index (Phi) is 9.03. The van der Waals surface area contributed by atoms with Gasteiger partial charge in [0.15, 0.2) is 0 Å². The normalized spacial score (nSPS) is 19.4. The van der Waals surface area contributed by atoms with Crippen molar-refractivity contribution in [2.75, 3.05) is 6.54 Å². The summed E-state index contributed by atoms with van der Waals surface area (Å²) in [5.41, 5.74) is 1.41. The number of halogens is 6. The smallest absolute Gasteiger partial charge is 0.416 e. The first-order valence-electron chi connectivity index (χ1n) is 13.7. The van der Waals surface area contributed by atoms with Gasteiger partial charge in [-0.25, -0.2) is 0 Å². The van der Waals surface area contributed by atoms with Gasteiger partial charge in [0.05, 0.1) is 17.9 Å². The number of nitrogens with one attached hydrogen (secondary N) is 1. The molecule has 42 heavy (non-hydrogen) atoms. The van der Waals surface area contributed by atoms with Gasteiger partial charge in [-0.05, 0) is 78.1 Å². The first kappa shape index (κ1) is 31.1. The standard InChI is InChI=1S/C32H31F6NO3/c1-2-20-3-4-23(19-27(20)32(36,37)38)21-5-9-24(10-6-21)30(16-13-26(14-17-30)31(33,34)35)25-11-7-22(8-12-25)29(42)39-18-15-28(40)41/h3-12,19,26H,2,13-18H2,1H3,(H,39,42)(H,40,41). The topological polar surface area (TPSA) is 66.4 Å². The quantitative estimate of drug-likeness (QED) is 0.260. The number of aliphatic carboxylic acids is 1. The molecule has 1 fully saturated rings. The summed E-state index contributed by atoms with van der Waals surface area (Å²) in [7, 11) is 0. The molecule has 1 aliphatic rings. The molecule has 1 saturated carbocycles. The van der Waals surface area contributed by atoms with Crippen molar-refractivity contribution in [3.8, 4) is 11.1 Å². The third-order valence-electron chi connectivity index (χ3n) is 8.19. The van der Waals surface area contributed by atoms with Crippen molar-refractivity contribution in [1.29, 1.82) is 0 Å². The molecule has 4 rings (SSSR count). The summed E-state index contributed by atoms with van der Waals surface area (Å²) in [6.07, 6.45) is -8.58. The van der Waals surface area contributed by atoms with Crippen LogP contribution in [0.15, 0.2) is 66.7 Å². The van der Waals surface area contributed by atoms with Gasteiger partial charge < -0.3 is 10.4 Å². The lowest BCUT2D eigenvalue weighted by atomic mass is 9.63. The second-order valence-corrected chi connectivity index (χ2v) is 10.7. The number of benzene rings is 3. The number of aryl methyl sites for hydroxylation is 1. The third kappa shape index (κ3) is 6.79. The molecule has 2 N–H and O–H groups in total. The molecule has 0 radical (unpaired) electrons. The number of rotatable bonds is 8. The Balaban J connectivity index is 1.66. The molecule has 0 bridgehead atoms. The van der Waals surface area contributed by atoms with Crippen LogP contribution in [0.1, 0.15) is 71.6 Å². The SMILES string of the molecule is CCc1ccc(-c2ccc(C3(c4ccc(C(=O)NCCC(=O)O)cc4)CCC(C(F)(F)F)CC3)cc2)cc1C(F)(F)F. The minimum atomic E-state index is -4.50. The van der Waals surface area contributed by atoms with E-state index in [1.54, 1.807) is 61.5 Å². The number of carbonyl (C=O) groups is 2. The number of hydrogen-bond donors (Lipinski definition) is 2. The van der Waals surface area contributed by atoms with E-state index in [-0.39, 0.29) is 56.2 Å². The van der Waals surface area contributed by atoms with Gasteiger partial charge in [0.2, 0.25) is 0 Å². The summed E-state index contributed by atoms with van der Waals surface area (Å²) < 4.78 is 81.5. The molecule has 0 atom stereocenters. The molecule has 1 aliphatic carbocycles. The van der Waals surface area contributed by atoms with Crippen molar-refractivity contribution in [2.45, 2.75) is 63.2 Å². The summed E-state index contributed by atoms with van der Waals surface area (Å²) in [4.78, 5) is 23.1. The average molecular weight is 592 g/mol. The monoisotopic (exact) mass is 591 g/mol. The van der Waals surface area contributed by atoms with Crippen molar-refractivity contribution in [1.82, 2.24) is 5.32 Å². The van der Waals surface area contributed by atoms with E-state index in [9.17, 15) is 35.9 Å². The number of amides is 1. The van der Waals surface area contributed by atoms with Crippen LogP contribution in [0.4, 0.5) is 26.3 Å². The molecule has 0 heterocycles. The maximum atomic E-state index is 13.6. The van der Waals surface area contributed by atoms with Crippen molar-refractivity contribution in [3.05, 3.63) is 94.5 Å². The van der Waals surface area contributed by atoms with Crippen LogP contribution in [0.2, 0.25) is 0 Å². The molecule has 0 aliphatic heterocycles. The first-order valence-corrected chi connectivity index (χ1v) is 13.7. The molecule has 10 heteroatoms. The Hall–Kier alpha value is -3.82. The van der Waals surface area contributed by atoms with E-state index in [4.69, 9.17) is 5.11 Å². The lowest BCUT2D eigenvalue weighted by molar-refractivity contribution is -0.184.